The fraction of sp³-hybridized carbons (Fsp3) is 0.407. The zero-order valence-corrected chi connectivity index (χ0v) is 21.2. The summed E-state index contributed by atoms with van der Waals surface area (Å²) in [6.07, 6.45) is 2.92. The summed E-state index contributed by atoms with van der Waals surface area (Å²) in [5.41, 5.74) is 6.82. The summed E-state index contributed by atoms with van der Waals surface area (Å²) >= 11 is 0. The monoisotopic (exact) mass is 479 g/mol. The molecule has 0 saturated carbocycles. The average molecular weight is 480 g/mol. The maximum Gasteiger partial charge on any atom is 0.272 e. The van der Waals surface area contributed by atoms with Crippen LogP contribution in [0.15, 0.2) is 43.0 Å². The standard InChI is InChI=1S/C27H33N5O.ClH/c1-5-11-32-20(3)19(2)23-17-24(27(33)30-15-13-29(4)14-16-30)28-26(25(23)32)31-12-10-21-8-6-7-9-22(21)18-31;/h5-9,17H,1,10-16,18H2,2-4H3;1H. The Labute approximate surface area is 208 Å². The van der Waals surface area contributed by atoms with Crippen LogP contribution in [0, 0.1) is 13.8 Å². The van der Waals surface area contributed by atoms with Gasteiger partial charge >= 0.3 is 0 Å². The van der Waals surface area contributed by atoms with Crippen LogP contribution in [0.25, 0.3) is 10.9 Å². The van der Waals surface area contributed by atoms with Crippen LogP contribution in [0.2, 0.25) is 0 Å². The van der Waals surface area contributed by atoms with Gasteiger partial charge in [0.2, 0.25) is 0 Å². The number of nitrogens with zero attached hydrogens (tertiary/aromatic N) is 5. The summed E-state index contributed by atoms with van der Waals surface area (Å²) in [7, 11) is 2.10. The van der Waals surface area contributed by atoms with Gasteiger partial charge in [-0.3, -0.25) is 4.79 Å². The minimum absolute atomic E-state index is 0. The van der Waals surface area contributed by atoms with E-state index in [0.717, 1.165) is 69.0 Å². The molecule has 0 bridgehead atoms. The minimum Gasteiger partial charge on any atom is -0.350 e. The highest BCUT2D eigenvalue weighted by Gasteiger charge is 2.27. The summed E-state index contributed by atoms with van der Waals surface area (Å²) in [4.78, 5) is 25.1. The first kappa shape index (κ1) is 24.3. The van der Waals surface area contributed by atoms with Crippen molar-refractivity contribution < 1.29 is 4.79 Å². The molecule has 2 aliphatic rings. The van der Waals surface area contributed by atoms with Gasteiger partial charge in [0.1, 0.15) is 5.69 Å². The van der Waals surface area contributed by atoms with Crippen molar-refractivity contribution in [2.75, 3.05) is 44.7 Å². The number of likely N-dealkylation sites (N-methyl/N-ethyl adjacent to an activating group) is 1. The molecule has 0 spiro atoms. The predicted molar refractivity (Wildman–Crippen MR) is 141 cm³/mol. The molecule has 1 saturated heterocycles. The molecule has 0 N–H and O–H groups in total. The Hall–Kier alpha value is -2.83. The molecule has 2 aromatic heterocycles. The van der Waals surface area contributed by atoms with Crippen LogP contribution in [0.1, 0.15) is 32.9 Å². The zero-order valence-electron chi connectivity index (χ0n) is 20.4. The smallest absolute Gasteiger partial charge is 0.272 e. The van der Waals surface area contributed by atoms with Gasteiger partial charge in [0, 0.05) is 56.9 Å². The Bertz CT molecular complexity index is 1230. The lowest BCUT2D eigenvalue weighted by molar-refractivity contribution is 0.0658. The number of pyridine rings is 1. The number of hydrogen-bond acceptors (Lipinski definition) is 4. The van der Waals surface area contributed by atoms with Crippen LogP contribution in [0.3, 0.4) is 0 Å². The number of fused-ring (bicyclic) bond motifs is 2. The molecular weight excluding hydrogens is 446 g/mol. The molecule has 4 heterocycles. The van der Waals surface area contributed by atoms with E-state index in [-0.39, 0.29) is 18.3 Å². The number of aryl methyl sites for hydroxylation is 1. The van der Waals surface area contributed by atoms with E-state index >= 15 is 0 Å². The van der Waals surface area contributed by atoms with Crippen LogP contribution in [0.4, 0.5) is 5.82 Å². The average Bonchev–Trinajstić information content (AvgIpc) is 3.08. The molecule has 1 fully saturated rings. The Morgan fingerprint density at radius 3 is 2.50 bits per heavy atom. The molecule has 0 aliphatic carbocycles. The number of amides is 1. The van der Waals surface area contributed by atoms with E-state index in [9.17, 15) is 4.79 Å². The number of piperazine rings is 1. The van der Waals surface area contributed by atoms with Crippen LogP contribution in [-0.4, -0.2) is 65.0 Å². The number of rotatable bonds is 4. The Kier molecular flexibility index (Phi) is 7.01. The molecule has 1 amide bonds. The predicted octanol–water partition coefficient (Wildman–Crippen LogP) is 4.21. The van der Waals surface area contributed by atoms with E-state index in [1.165, 1.54) is 22.4 Å². The number of aromatic nitrogens is 2. The van der Waals surface area contributed by atoms with Gasteiger partial charge in [-0.15, -0.1) is 19.0 Å². The van der Waals surface area contributed by atoms with Gasteiger partial charge in [0.25, 0.3) is 5.91 Å². The second-order valence-corrected chi connectivity index (χ2v) is 9.37. The minimum atomic E-state index is 0. The Balaban J connectivity index is 0.00000274. The fourth-order valence-electron chi connectivity index (χ4n) is 5.18. The van der Waals surface area contributed by atoms with E-state index in [4.69, 9.17) is 4.98 Å². The van der Waals surface area contributed by atoms with E-state index in [2.05, 4.69) is 66.1 Å². The van der Waals surface area contributed by atoms with Crippen molar-refractivity contribution in [3.8, 4) is 0 Å². The van der Waals surface area contributed by atoms with Crippen molar-refractivity contribution in [1.29, 1.82) is 0 Å². The van der Waals surface area contributed by atoms with E-state index < -0.39 is 0 Å². The molecule has 180 valence electrons. The maximum absolute atomic E-state index is 13.5. The summed E-state index contributed by atoms with van der Waals surface area (Å²) in [5.74, 6) is 0.953. The lowest BCUT2D eigenvalue weighted by Gasteiger charge is -2.33. The second-order valence-electron chi connectivity index (χ2n) is 9.37. The number of benzene rings is 1. The van der Waals surface area contributed by atoms with Crippen LogP contribution in [-0.2, 0) is 19.5 Å². The summed E-state index contributed by atoms with van der Waals surface area (Å²) in [6, 6.07) is 10.7. The Morgan fingerprint density at radius 2 is 1.79 bits per heavy atom. The van der Waals surface area contributed by atoms with E-state index in [1.54, 1.807) is 0 Å². The van der Waals surface area contributed by atoms with Gasteiger partial charge in [0.05, 0.1) is 5.52 Å². The van der Waals surface area contributed by atoms with Crippen molar-refractivity contribution in [3.63, 3.8) is 0 Å². The zero-order chi connectivity index (χ0) is 23.1. The number of halogens is 1. The van der Waals surface area contributed by atoms with Crippen molar-refractivity contribution >= 4 is 35.0 Å². The normalized spacial score (nSPS) is 16.3. The highest BCUT2D eigenvalue weighted by atomic mass is 35.5. The molecule has 2 aliphatic heterocycles. The van der Waals surface area contributed by atoms with Gasteiger partial charge in [0.15, 0.2) is 5.82 Å². The molecule has 6 nitrogen and oxygen atoms in total. The first-order valence-corrected chi connectivity index (χ1v) is 11.9. The first-order valence-electron chi connectivity index (χ1n) is 11.9. The van der Waals surface area contributed by atoms with Crippen molar-refractivity contribution in [1.82, 2.24) is 19.4 Å². The first-order chi connectivity index (χ1) is 16.0. The highest BCUT2D eigenvalue weighted by Crippen LogP contribution is 2.35. The van der Waals surface area contributed by atoms with Crippen LogP contribution >= 0.6 is 12.4 Å². The molecular formula is C27H34ClN5O. The maximum atomic E-state index is 13.5. The number of allylic oxidation sites excluding steroid dienone is 1. The summed E-state index contributed by atoms with van der Waals surface area (Å²) in [6.45, 7) is 14.0. The number of hydrogen-bond donors (Lipinski definition) is 0. The van der Waals surface area contributed by atoms with Gasteiger partial charge in [-0.1, -0.05) is 30.3 Å². The number of anilines is 1. The second kappa shape index (κ2) is 9.80. The van der Waals surface area contributed by atoms with E-state index in [0.29, 0.717) is 5.69 Å². The quantitative estimate of drug-likeness (QED) is 0.526. The van der Waals surface area contributed by atoms with Gasteiger partial charge in [-0.05, 0) is 50.1 Å². The molecule has 1 aromatic carbocycles. The third-order valence-electron chi connectivity index (χ3n) is 7.35. The molecule has 0 radical (unpaired) electrons. The largest absolute Gasteiger partial charge is 0.350 e. The molecule has 3 aromatic rings. The number of carbonyl (C=O) groups is 1. The highest BCUT2D eigenvalue weighted by molar-refractivity contribution is 6.01. The third-order valence-corrected chi connectivity index (χ3v) is 7.35. The lowest BCUT2D eigenvalue weighted by Crippen LogP contribution is -2.47. The van der Waals surface area contributed by atoms with Gasteiger partial charge < -0.3 is 19.3 Å². The van der Waals surface area contributed by atoms with Crippen molar-refractivity contribution in [3.05, 3.63) is 71.1 Å². The molecule has 5 rings (SSSR count). The summed E-state index contributed by atoms with van der Waals surface area (Å²) in [5, 5.41) is 1.12. The third kappa shape index (κ3) is 4.21. The molecule has 7 heteroatoms. The lowest BCUT2D eigenvalue weighted by atomic mass is 10.00. The van der Waals surface area contributed by atoms with Crippen LogP contribution < -0.4 is 4.90 Å². The van der Waals surface area contributed by atoms with Gasteiger partial charge in [-0.25, -0.2) is 4.98 Å². The van der Waals surface area contributed by atoms with Crippen molar-refractivity contribution in [2.24, 2.45) is 0 Å². The van der Waals surface area contributed by atoms with Gasteiger partial charge in [-0.2, -0.15) is 0 Å². The summed E-state index contributed by atoms with van der Waals surface area (Å²) < 4.78 is 2.30. The van der Waals surface area contributed by atoms with Crippen molar-refractivity contribution in [2.45, 2.75) is 33.4 Å². The molecule has 0 unspecified atom stereocenters. The van der Waals surface area contributed by atoms with Crippen LogP contribution in [0.5, 0.6) is 0 Å². The topological polar surface area (TPSA) is 44.6 Å². The molecule has 0 atom stereocenters. The SMILES string of the molecule is C=CCn1c(C)c(C)c2cc(C(=O)N3CCN(C)CC3)nc(N3CCc4ccccc4C3)c21.Cl. The molecule has 34 heavy (non-hydrogen) atoms. The Morgan fingerprint density at radius 1 is 1.09 bits per heavy atom. The fourth-order valence-corrected chi connectivity index (χ4v) is 5.18. The number of carbonyl (C=O) groups excluding carboxylic acids is 1. The van der Waals surface area contributed by atoms with E-state index in [1.807, 2.05) is 17.0 Å².